The van der Waals surface area contributed by atoms with E-state index < -0.39 is 0 Å². The Kier molecular flexibility index (Phi) is 2.92. The molecule has 0 saturated carbocycles. The SMILES string of the molecule is CCn1c2c(cc(C=O)c1=O)CN(C)CC2. The zero-order chi connectivity index (χ0) is 11.7. The van der Waals surface area contributed by atoms with Crippen LogP contribution >= 0.6 is 0 Å². The van der Waals surface area contributed by atoms with Gasteiger partial charge in [0.25, 0.3) is 5.56 Å². The second-order valence-corrected chi connectivity index (χ2v) is 4.23. The molecule has 1 aliphatic heterocycles. The molecule has 0 radical (unpaired) electrons. The highest BCUT2D eigenvalue weighted by atomic mass is 16.1. The van der Waals surface area contributed by atoms with Crippen molar-refractivity contribution in [1.29, 1.82) is 0 Å². The van der Waals surface area contributed by atoms with Crippen molar-refractivity contribution in [3.8, 4) is 0 Å². The van der Waals surface area contributed by atoms with Crippen LogP contribution in [0.1, 0.15) is 28.5 Å². The molecule has 86 valence electrons. The van der Waals surface area contributed by atoms with Gasteiger partial charge in [-0.3, -0.25) is 9.59 Å². The quantitative estimate of drug-likeness (QED) is 0.688. The number of fused-ring (bicyclic) bond motifs is 1. The van der Waals surface area contributed by atoms with Crippen LogP contribution in [0.25, 0.3) is 0 Å². The van der Waals surface area contributed by atoms with Crippen LogP contribution in [0, 0.1) is 0 Å². The summed E-state index contributed by atoms with van der Waals surface area (Å²) in [4.78, 5) is 24.9. The van der Waals surface area contributed by atoms with Crippen LogP contribution in [0.15, 0.2) is 10.9 Å². The zero-order valence-electron chi connectivity index (χ0n) is 9.69. The molecule has 1 aromatic rings. The summed E-state index contributed by atoms with van der Waals surface area (Å²) in [6.45, 7) is 4.35. The highest BCUT2D eigenvalue weighted by Crippen LogP contribution is 2.17. The van der Waals surface area contributed by atoms with Crippen molar-refractivity contribution in [3.05, 3.63) is 33.2 Å². The van der Waals surface area contributed by atoms with E-state index in [-0.39, 0.29) is 11.1 Å². The smallest absolute Gasteiger partial charge is 0.261 e. The highest BCUT2D eigenvalue weighted by molar-refractivity contribution is 5.74. The maximum atomic E-state index is 11.9. The Morgan fingerprint density at radius 1 is 1.50 bits per heavy atom. The van der Waals surface area contributed by atoms with Crippen LogP contribution in [0.4, 0.5) is 0 Å². The molecule has 16 heavy (non-hydrogen) atoms. The molecule has 0 amide bonds. The van der Waals surface area contributed by atoms with Gasteiger partial charge >= 0.3 is 0 Å². The Bertz CT molecular complexity index is 477. The first kappa shape index (κ1) is 11.1. The van der Waals surface area contributed by atoms with Gasteiger partial charge in [0.15, 0.2) is 6.29 Å². The van der Waals surface area contributed by atoms with Gasteiger partial charge < -0.3 is 9.47 Å². The predicted octanol–water partition coefficient (Wildman–Crippen LogP) is 0.669. The van der Waals surface area contributed by atoms with Gasteiger partial charge in [-0.1, -0.05) is 0 Å². The molecule has 4 heteroatoms. The van der Waals surface area contributed by atoms with Gasteiger partial charge in [0.1, 0.15) is 0 Å². The summed E-state index contributed by atoms with van der Waals surface area (Å²) in [7, 11) is 2.05. The average Bonchev–Trinajstić information content (AvgIpc) is 2.28. The number of likely N-dealkylation sites (N-methyl/N-ethyl adjacent to an activating group) is 1. The highest BCUT2D eigenvalue weighted by Gasteiger charge is 2.18. The summed E-state index contributed by atoms with van der Waals surface area (Å²) < 4.78 is 1.73. The number of carbonyl (C=O) groups excluding carboxylic acids is 1. The minimum absolute atomic E-state index is 0.152. The van der Waals surface area contributed by atoms with Gasteiger partial charge in [-0.05, 0) is 25.6 Å². The van der Waals surface area contributed by atoms with Crippen LogP contribution in [0.5, 0.6) is 0 Å². The Labute approximate surface area is 94.5 Å². The van der Waals surface area contributed by atoms with E-state index >= 15 is 0 Å². The lowest BCUT2D eigenvalue weighted by Crippen LogP contribution is -2.35. The molecule has 0 atom stereocenters. The largest absolute Gasteiger partial charge is 0.312 e. The number of rotatable bonds is 2. The molecule has 2 rings (SSSR count). The van der Waals surface area contributed by atoms with Crippen molar-refractivity contribution in [1.82, 2.24) is 9.47 Å². The third kappa shape index (κ3) is 1.69. The van der Waals surface area contributed by atoms with E-state index in [0.717, 1.165) is 30.8 Å². The lowest BCUT2D eigenvalue weighted by atomic mass is 10.0. The molecule has 0 bridgehead atoms. The van der Waals surface area contributed by atoms with E-state index in [1.807, 2.05) is 14.0 Å². The fourth-order valence-electron chi connectivity index (χ4n) is 2.30. The molecular formula is C12H16N2O2. The van der Waals surface area contributed by atoms with Crippen molar-refractivity contribution in [2.45, 2.75) is 26.4 Å². The average molecular weight is 220 g/mol. The minimum Gasteiger partial charge on any atom is -0.312 e. The molecule has 0 aromatic carbocycles. The Morgan fingerprint density at radius 3 is 2.88 bits per heavy atom. The molecule has 0 spiro atoms. The van der Waals surface area contributed by atoms with E-state index in [9.17, 15) is 9.59 Å². The number of carbonyl (C=O) groups is 1. The molecule has 0 fully saturated rings. The summed E-state index contributed by atoms with van der Waals surface area (Å²) >= 11 is 0. The van der Waals surface area contributed by atoms with E-state index in [4.69, 9.17) is 0 Å². The molecule has 0 N–H and O–H groups in total. The Hall–Kier alpha value is -1.42. The van der Waals surface area contributed by atoms with Crippen molar-refractivity contribution >= 4 is 6.29 Å². The number of nitrogens with zero attached hydrogens (tertiary/aromatic N) is 2. The first-order chi connectivity index (χ1) is 7.67. The maximum Gasteiger partial charge on any atom is 0.261 e. The second kappa shape index (κ2) is 4.22. The minimum atomic E-state index is -0.152. The molecule has 0 unspecified atom stereocenters. The molecular weight excluding hydrogens is 204 g/mol. The monoisotopic (exact) mass is 220 g/mol. The summed E-state index contributed by atoms with van der Waals surface area (Å²) in [5, 5.41) is 0. The normalized spacial score (nSPS) is 15.9. The van der Waals surface area contributed by atoms with Crippen molar-refractivity contribution in [2.75, 3.05) is 13.6 Å². The zero-order valence-corrected chi connectivity index (χ0v) is 9.69. The first-order valence-corrected chi connectivity index (χ1v) is 5.56. The maximum absolute atomic E-state index is 11.9. The van der Waals surface area contributed by atoms with Crippen LogP contribution < -0.4 is 5.56 Å². The summed E-state index contributed by atoms with van der Waals surface area (Å²) in [5.74, 6) is 0. The van der Waals surface area contributed by atoms with Gasteiger partial charge in [-0.25, -0.2) is 0 Å². The Morgan fingerprint density at radius 2 is 2.25 bits per heavy atom. The van der Waals surface area contributed by atoms with Crippen LogP contribution in [0.2, 0.25) is 0 Å². The van der Waals surface area contributed by atoms with Gasteiger partial charge in [0.2, 0.25) is 0 Å². The van der Waals surface area contributed by atoms with Gasteiger partial charge in [-0.2, -0.15) is 0 Å². The van der Waals surface area contributed by atoms with Gasteiger partial charge in [0.05, 0.1) is 5.56 Å². The number of pyridine rings is 1. The fraction of sp³-hybridized carbons (Fsp3) is 0.500. The van der Waals surface area contributed by atoms with Gasteiger partial charge in [0, 0.05) is 31.7 Å². The molecule has 0 aliphatic carbocycles. The number of hydrogen-bond donors (Lipinski definition) is 0. The van der Waals surface area contributed by atoms with Crippen molar-refractivity contribution in [2.24, 2.45) is 0 Å². The van der Waals surface area contributed by atoms with Crippen molar-refractivity contribution in [3.63, 3.8) is 0 Å². The van der Waals surface area contributed by atoms with Crippen LogP contribution in [-0.4, -0.2) is 29.3 Å². The van der Waals surface area contributed by atoms with E-state index in [1.165, 1.54) is 0 Å². The van der Waals surface area contributed by atoms with E-state index in [0.29, 0.717) is 12.8 Å². The number of aromatic nitrogens is 1. The molecule has 4 nitrogen and oxygen atoms in total. The fourth-order valence-corrected chi connectivity index (χ4v) is 2.30. The number of aldehydes is 1. The third-order valence-corrected chi connectivity index (χ3v) is 3.13. The van der Waals surface area contributed by atoms with E-state index in [1.54, 1.807) is 10.6 Å². The summed E-state index contributed by atoms with van der Waals surface area (Å²) in [5.41, 5.74) is 2.32. The third-order valence-electron chi connectivity index (χ3n) is 3.13. The molecule has 0 saturated heterocycles. The lowest BCUT2D eigenvalue weighted by molar-refractivity contribution is 0.112. The number of hydrogen-bond acceptors (Lipinski definition) is 3. The van der Waals surface area contributed by atoms with Crippen molar-refractivity contribution < 1.29 is 4.79 Å². The first-order valence-electron chi connectivity index (χ1n) is 5.56. The lowest BCUT2D eigenvalue weighted by Gasteiger charge is -2.27. The predicted molar refractivity (Wildman–Crippen MR) is 61.8 cm³/mol. The molecule has 1 aromatic heterocycles. The molecule has 1 aliphatic rings. The van der Waals surface area contributed by atoms with E-state index in [2.05, 4.69) is 4.90 Å². The summed E-state index contributed by atoms with van der Waals surface area (Å²) in [6, 6.07) is 1.74. The molecule has 2 heterocycles. The summed E-state index contributed by atoms with van der Waals surface area (Å²) in [6.07, 6.45) is 1.54. The van der Waals surface area contributed by atoms with Crippen LogP contribution in [-0.2, 0) is 19.5 Å². The van der Waals surface area contributed by atoms with Gasteiger partial charge in [-0.15, -0.1) is 0 Å². The standard InChI is InChI=1S/C12H16N2O2/c1-3-14-11-4-5-13(2)7-9(11)6-10(8-15)12(14)16/h6,8H,3-5,7H2,1-2H3. The Balaban J connectivity index is 2.64. The second-order valence-electron chi connectivity index (χ2n) is 4.23. The van der Waals surface area contributed by atoms with Crippen LogP contribution in [0.3, 0.4) is 0 Å². The topological polar surface area (TPSA) is 42.3 Å².